The van der Waals surface area contributed by atoms with Crippen molar-refractivity contribution in [2.75, 3.05) is 24.9 Å². The Morgan fingerprint density at radius 1 is 0.912 bits per heavy atom. The van der Waals surface area contributed by atoms with Gasteiger partial charge in [-0.3, -0.25) is 14.3 Å². The molecule has 0 aromatic heterocycles. The summed E-state index contributed by atoms with van der Waals surface area (Å²) in [5.74, 6) is -0.0577. The number of nitrogens with zero attached hydrogens (tertiary/aromatic N) is 1. The molecular formula is C25H27N3O5S. The summed E-state index contributed by atoms with van der Waals surface area (Å²) in [4.78, 5) is 26.7. The maximum Gasteiger partial charge on any atom is 0.261 e. The molecule has 9 heteroatoms. The van der Waals surface area contributed by atoms with Crippen molar-refractivity contribution in [3.05, 3.63) is 90.0 Å². The highest BCUT2D eigenvalue weighted by Crippen LogP contribution is 2.19. The number of hydrogen-bond acceptors (Lipinski definition) is 5. The summed E-state index contributed by atoms with van der Waals surface area (Å²) >= 11 is 0. The predicted octanol–water partition coefficient (Wildman–Crippen LogP) is 3.27. The van der Waals surface area contributed by atoms with Crippen molar-refractivity contribution < 1.29 is 22.7 Å². The number of rotatable bonds is 10. The van der Waals surface area contributed by atoms with Gasteiger partial charge in [-0.1, -0.05) is 30.3 Å². The number of benzene rings is 3. The summed E-state index contributed by atoms with van der Waals surface area (Å²) in [6.07, 6.45) is 0. The number of hydrogen-bond donors (Lipinski definition) is 2. The number of likely N-dealkylation sites (N-methyl/N-ethyl adjacent to an activating group) is 1. The van der Waals surface area contributed by atoms with Crippen LogP contribution in [0.3, 0.4) is 0 Å². The highest BCUT2D eigenvalue weighted by Gasteiger charge is 2.17. The Kier molecular flexibility index (Phi) is 8.26. The van der Waals surface area contributed by atoms with Crippen LogP contribution in [0.25, 0.3) is 0 Å². The summed E-state index contributed by atoms with van der Waals surface area (Å²) in [5, 5.41) is 2.60. The van der Waals surface area contributed by atoms with Gasteiger partial charge in [0.2, 0.25) is 5.91 Å². The van der Waals surface area contributed by atoms with Gasteiger partial charge in [0, 0.05) is 24.3 Å². The second kappa shape index (κ2) is 11.3. The number of carbonyl (C=O) groups excluding carboxylic acids is 2. The third-order valence-corrected chi connectivity index (χ3v) is 6.52. The van der Waals surface area contributed by atoms with Gasteiger partial charge in [0.25, 0.3) is 15.9 Å². The van der Waals surface area contributed by atoms with Gasteiger partial charge in [-0.05, 0) is 61.0 Å². The highest BCUT2D eigenvalue weighted by atomic mass is 32.2. The summed E-state index contributed by atoms with van der Waals surface area (Å²) in [6, 6.07) is 21.6. The van der Waals surface area contributed by atoms with Gasteiger partial charge in [0.15, 0.2) is 0 Å². The molecule has 2 amide bonds. The number of sulfonamides is 1. The van der Waals surface area contributed by atoms with E-state index in [4.69, 9.17) is 4.74 Å². The molecule has 0 fully saturated rings. The van der Waals surface area contributed by atoms with Crippen LogP contribution in [0.5, 0.6) is 5.75 Å². The standard InChI is InChI=1S/C25H27N3O5S/c1-3-28(18-19-7-5-4-6-8-19)24(29)17-26-25(30)20-9-15-23(16-10-20)34(31,32)27-21-11-13-22(33-2)14-12-21/h4-16,27H,3,17-18H2,1-2H3,(H,26,30). The molecule has 0 saturated heterocycles. The lowest BCUT2D eigenvalue weighted by molar-refractivity contribution is -0.130. The van der Waals surface area contributed by atoms with E-state index in [1.165, 1.54) is 31.4 Å². The molecule has 3 rings (SSSR count). The minimum atomic E-state index is -3.83. The van der Waals surface area contributed by atoms with E-state index >= 15 is 0 Å². The quantitative estimate of drug-likeness (QED) is 0.462. The number of amides is 2. The van der Waals surface area contributed by atoms with Crippen LogP contribution in [0, 0.1) is 0 Å². The van der Waals surface area contributed by atoms with Gasteiger partial charge < -0.3 is 15.0 Å². The van der Waals surface area contributed by atoms with E-state index in [2.05, 4.69) is 10.0 Å². The molecular weight excluding hydrogens is 454 g/mol. The van der Waals surface area contributed by atoms with Crippen LogP contribution in [-0.4, -0.2) is 45.3 Å². The SMILES string of the molecule is CCN(Cc1ccccc1)C(=O)CNC(=O)c1ccc(S(=O)(=O)Nc2ccc(OC)cc2)cc1. The monoisotopic (exact) mass is 481 g/mol. The Bertz CT molecular complexity index is 1210. The van der Waals surface area contributed by atoms with Crippen molar-refractivity contribution in [3.8, 4) is 5.75 Å². The van der Waals surface area contributed by atoms with E-state index in [9.17, 15) is 18.0 Å². The molecule has 0 aliphatic rings. The Morgan fingerprint density at radius 3 is 2.15 bits per heavy atom. The van der Waals surface area contributed by atoms with Gasteiger partial charge in [-0.2, -0.15) is 0 Å². The lowest BCUT2D eigenvalue weighted by atomic mass is 10.2. The average molecular weight is 482 g/mol. The van der Waals surface area contributed by atoms with Crippen LogP contribution in [0.4, 0.5) is 5.69 Å². The lowest BCUT2D eigenvalue weighted by Crippen LogP contribution is -2.39. The Labute approximate surface area is 199 Å². The molecule has 2 N–H and O–H groups in total. The van der Waals surface area contributed by atoms with Crippen molar-refractivity contribution >= 4 is 27.5 Å². The van der Waals surface area contributed by atoms with E-state index in [0.717, 1.165) is 5.56 Å². The van der Waals surface area contributed by atoms with Crippen LogP contribution >= 0.6 is 0 Å². The summed E-state index contributed by atoms with van der Waals surface area (Å²) in [7, 11) is -2.30. The zero-order valence-electron chi connectivity index (χ0n) is 19.0. The first-order valence-corrected chi connectivity index (χ1v) is 12.2. The van der Waals surface area contributed by atoms with Crippen LogP contribution in [-0.2, 0) is 21.4 Å². The first kappa shape index (κ1) is 24.8. The second-order valence-corrected chi connectivity index (χ2v) is 9.12. The first-order valence-electron chi connectivity index (χ1n) is 10.7. The molecule has 34 heavy (non-hydrogen) atoms. The Hall–Kier alpha value is -3.85. The maximum absolute atomic E-state index is 12.6. The van der Waals surface area contributed by atoms with Crippen molar-refractivity contribution in [3.63, 3.8) is 0 Å². The molecule has 3 aromatic carbocycles. The number of nitrogens with one attached hydrogen (secondary N) is 2. The van der Waals surface area contributed by atoms with Gasteiger partial charge >= 0.3 is 0 Å². The minimum absolute atomic E-state index is 0.0102. The number of methoxy groups -OCH3 is 1. The summed E-state index contributed by atoms with van der Waals surface area (Å²) in [6.45, 7) is 2.69. The topological polar surface area (TPSA) is 105 Å². The lowest BCUT2D eigenvalue weighted by Gasteiger charge is -2.21. The van der Waals surface area contributed by atoms with E-state index in [0.29, 0.717) is 24.5 Å². The minimum Gasteiger partial charge on any atom is -0.497 e. The van der Waals surface area contributed by atoms with E-state index in [-0.39, 0.29) is 22.9 Å². The molecule has 0 aliphatic heterocycles. The molecule has 0 aliphatic carbocycles. The molecule has 0 bridgehead atoms. The van der Waals surface area contributed by atoms with Crippen LogP contribution in [0.15, 0.2) is 83.8 Å². The molecule has 8 nitrogen and oxygen atoms in total. The third-order valence-electron chi connectivity index (χ3n) is 5.12. The number of ether oxygens (including phenoxy) is 1. The maximum atomic E-state index is 12.6. The molecule has 0 radical (unpaired) electrons. The van der Waals surface area contributed by atoms with E-state index in [1.54, 1.807) is 29.2 Å². The van der Waals surface area contributed by atoms with E-state index < -0.39 is 15.9 Å². The first-order chi connectivity index (χ1) is 16.3. The molecule has 178 valence electrons. The molecule has 0 spiro atoms. The van der Waals surface area contributed by atoms with E-state index in [1.807, 2.05) is 37.3 Å². The fraction of sp³-hybridized carbons (Fsp3) is 0.200. The molecule has 0 atom stereocenters. The van der Waals surface area contributed by atoms with Gasteiger partial charge in [0.1, 0.15) is 5.75 Å². The number of carbonyl (C=O) groups is 2. The van der Waals surface area contributed by atoms with Crippen LogP contribution in [0.2, 0.25) is 0 Å². The molecule has 0 unspecified atom stereocenters. The molecule has 3 aromatic rings. The zero-order chi connectivity index (χ0) is 24.6. The van der Waals surface area contributed by atoms with Crippen molar-refractivity contribution in [1.82, 2.24) is 10.2 Å². The molecule has 0 saturated carbocycles. The predicted molar refractivity (Wildman–Crippen MR) is 130 cm³/mol. The van der Waals surface area contributed by atoms with Gasteiger partial charge in [-0.25, -0.2) is 8.42 Å². The van der Waals surface area contributed by atoms with Crippen molar-refractivity contribution in [2.45, 2.75) is 18.4 Å². The second-order valence-electron chi connectivity index (χ2n) is 7.43. The van der Waals surface area contributed by atoms with Crippen molar-refractivity contribution in [1.29, 1.82) is 0 Å². The van der Waals surface area contributed by atoms with Crippen LogP contribution in [0.1, 0.15) is 22.8 Å². The fourth-order valence-electron chi connectivity index (χ4n) is 3.21. The highest BCUT2D eigenvalue weighted by molar-refractivity contribution is 7.92. The Balaban J connectivity index is 1.57. The number of anilines is 1. The Morgan fingerprint density at radius 2 is 1.56 bits per heavy atom. The summed E-state index contributed by atoms with van der Waals surface area (Å²) in [5.41, 5.74) is 1.64. The summed E-state index contributed by atoms with van der Waals surface area (Å²) < 4.78 is 32.8. The van der Waals surface area contributed by atoms with Crippen molar-refractivity contribution in [2.24, 2.45) is 0 Å². The third kappa shape index (κ3) is 6.58. The normalized spacial score (nSPS) is 10.9. The largest absolute Gasteiger partial charge is 0.497 e. The van der Waals surface area contributed by atoms with Gasteiger partial charge in [-0.15, -0.1) is 0 Å². The van der Waals surface area contributed by atoms with Crippen LogP contribution < -0.4 is 14.8 Å². The fourth-order valence-corrected chi connectivity index (χ4v) is 4.27. The zero-order valence-corrected chi connectivity index (χ0v) is 19.8. The smallest absolute Gasteiger partial charge is 0.261 e. The van der Waals surface area contributed by atoms with Gasteiger partial charge in [0.05, 0.1) is 18.6 Å². The average Bonchev–Trinajstić information content (AvgIpc) is 2.86. The molecule has 0 heterocycles.